The monoisotopic (exact) mass is 408 g/mol. The number of hydrogen-bond donors (Lipinski definition) is 0. The number of halogens is 1. The third-order valence-electron chi connectivity index (χ3n) is 9.06. The molecule has 3 saturated carbocycles. The largest absolute Gasteiger partial charge is 0.381 e. The van der Waals surface area contributed by atoms with Crippen LogP contribution in [0.3, 0.4) is 0 Å². The van der Waals surface area contributed by atoms with Crippen molar-refractivity contribution < 1.29 is 14.3 Å². The first kappa shape index (κ1) is 16.9. The first-order valence-electron chi connectivity index (χ1n) is 9.69. The quantitative estimate of drug-likeness (QED) is 0.611. The summed E-state index contributed by atoms with van der Waals surface area (Å²) in [4.78, 5) is 13.7. The molecule has 4 aliphatic carbocycles. The highest BCUT2D eigenvalue weighted by Crippen LogP contribution is 2.81. The van der Waals surface area contributed by atoms with Crippen LogP contribution < -0.4 is 0 Å². The molecule has 0 N–H and O–H groups in total. The molecular weight excluding hydrogens is 380 g/mol. The summed E-state index contributed by atoms with van der Waals surface area (Å²) in [5, 5.41) is 0. The molecule has 0 radical (unpaired) electrons. The van der Waals surface area contributed by atoms with E-state index in [1.165, 1.54) is 5.57 Å². The van der Waals surface area contributed by atoms with E-state index in [1.807, 2.05) is 13.2 Å². The summed E-state index contributed by atoms with van der Waals surface area (Å²) in [6.07, 6.45) is 4.42. The molecule has 9 atom stereocenters. The maximum absolute atomic E-state index is 13.4. The molecule has 138 valence electrons. The van der Waals surface area contributed by atoms with Gasteiger partial charge in [0.2, 0.25) is 0 Å². The number of hydrogen-bond acceptors (Lipinski definition) is 3. The van der Waals surface area contributed by atoms with E-state index < -0.39 is 5.41 Å². The maximum atomic E-state index is 13.4. The lowest BCUT2D eigenvalue weighted by molar-refractivity contribution is -0.335. The van der Waals surface area contributed by atoms with Gasteiger partial charge in [0.1, 0.15) is 0 Å². The summed E-state index contributed by atoms with van der Waals surface area (Å²) in [6, 6.07) is 0. The number of ether oxygens (including phenoxy) is 2. The van der Waals surface area contributed by atoms with E-state index in [0.29, 0.717) is 17.8 Å². The molecule has 25 heavy (non-hydrogen) atoms. The van der Waals surface area contributed by atoms with Gasteiger partial charge in [0.05, 0.1) is 28.1 Å². The fourth-order valence-corrected chi connectivity index (χ4v) is 8.99. The molecule has 1 aliphatic heterocycles. The Morgan fingerprint density at radius 3 is 2.60 bits per heavy atom. The van der Waals surface area contributed by atoms with Crippen molar-refractivity contribution in [1.29, 1.82) is 0 Å². The van der Waals surface area contributed by atoms with Crippen LogP contribution in [0.5, 0.6) is 0 Å². The van der Waals surface area contributed by atoms with Crippen LogP contribution in [0.2, 0.25) is 0 Å². The van der Waals surface area contributed by atoms with Gasteiger partial charge in [-0.25, -0.2) is 0 Å². The molecule has 1 spiro atoms. The molecule has 1 saturated heterocycles. The number of rotatable bonds is 1. The molecule has 0 amide bonds. The van der Waals surface area contributed by atoms with E-state index in [1.54, 1.807) is 0 Å². The van der Waals surface area contributed by atoms with Gasteiger partial charge in [-0.3, -0.25) is 4.79 Å². The fourth-order valence-electron chi connectivity index (χ4n) is 8.11. The van der Waals surface area contributed by atoms with Gasteiger partial charge < -0.3 is 9.47 Å². The van der Waals surface area contributed by atoms with Crippen molar-refractivity contribution in [2.45, 2.75) is 70.1 Å². The number of ketones is 1. The number of fused-ring (bicyclic) bond motifs is 1. The Morgan fingerprint density at radius 1 is 1.28 bits per heavy atom. The zero-order chi connectivity index (χ0) is 18.2. The lowest BCUT2D eigenvalue weighted by atomic mass is 9.47. The van der Waals surface area contributed by atoms with Crippen molar-refractivity contribution in [2.75, 3.05) is 7.11 Å². The molecule has 1 heterocycles. The topological polar surface area (TPSA) is 35.5 Å². The number of carbonyl (C=O) groups excluding carboxylic acids is 1. The summed E-state index contributed by atoms with van der Waals surface area (Å²) < 4.78 is 12.8. The molecule has 5 rings (SSSR count). The van der Waals surface area contributed by atoms with Gasteiger partial charge in [-0.15, -0.1) is 0 Å². The summed E-state index contributed by atoms with van der Waals surface area (Å²) in [5.74, 6) is 1.66. The number of allylic oxidation sites excluding steroid dienone is 1. The second-order valence-corrected chi connectivity index (χ2v) is 11.2. The molecule has 0 unspecified atom stereocenters. The first-order chi connectivity index (χ1) is 11.6. The highest BCUT2D eigenvalue weighted by atomic mass is 79.9. The van der Waals surface area contributed by atoms with Crippen molar-refractivity contribution in [3.8, 4) is 0 Å². The first-order valence-corrected chi connectivity index (χ1v) is 10.6. The molecule has 0 bridgehead atoms. The Morgan fingerprint density at radius 2 is 1.96 bits per heavy atom. The zero-order valence-corrected chi connectivity index (χ0v) is 17.6. The van der Waals surface area contributed by atoms with Crippen molar-refractivity contribution >= 4 is 21.7 Å². The zero-order valence-electron chi connectivity index (χ0n) is 16.1. The average Bonchev–Trinajstić information content (AvgIpc) is 3.01. The van der Waals surface area contributed by atoms with Crippen LogP contribution in [0.1, 0.15) is 47.5 Å². The second-order valence-electron chi connectivity index (χ2n) is 10.2. The van der Waals surface area contributed by atoms with Gasteiger partial charge in [0, 0.05) is 17.9 Å². The summed E-state index contributed by atoms with van der Waals surface area (Å²) in [7, 11) is 1.83. The number of alkyl halides is 1. The molecule has 0 aromatic carbocycles. The molecule has 0 aromatic heterocycles. The summed E-state index contributed by atoms with van der Waals surface area (Å²) in [6.45, 7) is 11.4. The predicted octanol–water partition coefficient (Wildman–Crippen LogP) is 4.14. The van der Waals surface area contributed by atoms with Crippen LogP contribution in [-0.2, 0) is 14.3 Å². The van der Waals surface area contributed by atoms with Gasteiger partial charge in [0.15, 0.2) is 5.78 Å². The summed E-state index contributed by atoms with van der Waals surface area (Å²) >= 11 is 3.93. The minimum Gasteiger partial charge on any atom is -0.381 e. The van der Waals surface area contributed by atoms with Crippen LogP contribution in [0.4, 0.5) is 0 Å². The maximum Gasteiger partial charge on any atom is 0.164 e. The molecule has 4 fully saturated rings. The van der Waals surface area contributed by atoms with Gasteiger partial charge in [-0.05, 0) is 49.2 Å². The third kappa shape index (κ3) is 1.40. The predicted molar refractivity (Wildman–Crippen MR) is 99.6 cm³/mol. The molecule has 0 aromatic rings. The number of methoxy groups -OCH3 is 1. The minimum absolute atomic E-state index is 0.0465. The van der Waals surface area contributed by atoms with Crippen molar-refractivity contribution in [3.05, 3.63) is 11.6 Å². The van der Waals surface area contributed by atoms with Crippen molar-refractivity contribution in [3.63, 3.8) is 0 Å². The Hall–Kier alpha value is -0.190. The van der Waals surface area contributed by atoms with Crippen LogP contribution in [0.25, 0.3) is 0 Å². The Bertz CT molecular complexity index is 714. The van der Waals surface area contributed by atoms with Gasteiger partial charge in [-0.2, -0.15) is 0 Å². The second kappa shape index (κ2) is 4.44. The van der Waals surface area contributed by atoms with Gasteiger partial charge in [-0.1, -0.05) is 43.6 Å². The molecule has 5 aliphatic rings. The fraction of sp³-hybridized carbons (Fsp3) is 0.857. The van der Waals surface area contributed by atoms with Crippen LogP contribution in [0.15, 0.2) is 11.6 Å². The average molecular weight is 409 g/mol. The minimum atomic E-state index is -0.416. The Balaban J connectivity index is 1.73. The Labute approximate surface area is 159 Å². The van der Waals surface area contributed by atoms with Gasteiger partial charge >= 0.3 is 0 Å². The smallest absolute Gasteiger partial charge is 0.164 e. The highest BCUT2D eigenvalue weighted by molar-refractivity contribution is 9.09. The van der Waals surface area contributed by atoms with E-state index >= 15 is 0 Å². The number of carbonyl (C=O) groups is 1. The van der Waals surface area contributed by atoms with Crippen molar-refractivity contribution in [1.82, 2.24) is 0 Å². The summed E-state index contributed by atoms with van der Waals surface area (Å²) in [5.41, 5.74) is 0.450. The standard InChI is InChI=1S/C21H29BrO3/c1-10-7-12-11(15(10)24-6)9-19(4)14(23)8-13-18(2,3)16(22)17-20(13,5)21(12,19)25-17/h8,10-12,15-17H,7,9H2,1-6H3/t10-,11+,12+,15+,16-,17-,19-,20+,21+/m1/s1. The lowest BCUT2D eigenvalue weighted by Crippen LogP contribution is -2.77. The van der Waals surface area contributed by atoms with Crippen LogP contribution in [0, 0.1) is 34.0 Å². The van der Waals surface area contributed by atoms with E-state index in [-0.39, 0.29) is 39.2 Å². The molecular formula is C21H29BrO3. The van der Waals surface area contributed by atoms with E-state index in [0.717, 1.165) is 12.8 Å². The molecule has 4 heteroatoms. The van der Waals surface area contributed by atoms with E-state index in [9.17, 15) is 4.79 Å². The lowest BCUT2D eigenvalue weighted by Gasteiger charge is -2.68. The normalized spacial score (nSPS) is 60.6. The van der Waals surface area contributed by atoms with Crippen LogP contribution >= 0.6 is 15.9 Å². The Kier molecular flexibility index (Phi) is 3.01. The SMILES string of the molecule is CO[C@@H]1[C@H]2C[C@]3(C)C(=O)C=C4C(C)(C)[C@H](Br)[C@H]5O[C@]3([C@H]2C[C@H]1C)[C@@]45C. The van der Waals surface area contributed by atoms with Crippen LogP contribution in [-0.4, -0.2) is 35.5 Å². The van der Waals surface area contributed by atoms with Crippen molar-refractivity contribution in [2.24, 2.45) is 34.0 Å². The van der Waals surface area contributed by atoms with Gasteiger partial charge in [0.25, 0.3) is 0 Å². The highest BCUT2D eigenvalue weighted by Gasteiger charge is 2.87. The molecule has 3 nitrogen and oxygen atoms in total. The van der Waals surface area contributed by atoms with E-state index in [4.69, 9.17) is 9.47 Å². The third-order valence-corrected chi connectivity index (χ3v) is 10.7. The van der Waals surface area contributed by atoms with E-state index in [2.05, 4.69) is 50.5 Å².